The Morgan fingerprint density at radius 3 is 2.55 bits per heavy atom. The number of imidazole rings is 1. The molecule has 22 heavy (non-hydrogen) atoms. The molecule has 0 spiro atoms. The van der Waals surface area contributed by atoms with E-state index in [-0.39, 0.29) is 6.09 Å². The second kappa shape index (κ2) is 5.32. The summed E-state index contributed by atoms with van der Waals surface area (Å²) in [7, 11) is 0. The number of benzene rings is 1. The van der Waals surface area contributed by atoms with Crippen LogP contribution in [0, 0.1) is 0 Å². The van der Waals surface area contributed by atoms with Crippen molar-refractivity contribution in [3.05, 3.63) is 40.7 Å². The third kappa shape index (κ3) is 3.09. The number of nitrogens with zero attached hydrogens (tertiary/aromatic N) is 2. The zero-order valence-electron chi connectivity index (χ0n) is 12.8. The monoisotopic (exact) mass is 319 g/mol. The maximum absolute atomic E-state index is 12.1. The van der Waals surface area contributed by atoms with Gasteiger partial charge in [-0.1, -0.05) is 11.6 Å². The Hall–Kier alpha value is -2.01. The summed E-state index contributed by atoms with van der Waals surface area (Å²) in [5, 5.41) is 0.693. The van der Waals surface area contributed by atoms with E-state index in [9.17, 15) is 4.79 Å². The molecule has 0 unspecified atom stereocenters. The molecule has 0 fully saturated rings. The van der Waals surface area contributed by atoms with Gasteiger partial charge in [0.25, 0.3) is 0 Å². The molecule has 0 saturated carbocycles. The number of ether oxygens (including phenoxy) is 1. The molecule has 116 valence electrons. The average molecular weight is 320 g/mol. The zero-order valence-corrected chi connectivity index (χ0v) is 13.6. The van der Waals surface area contributed by atoms with E-state index in [4.69, 9.17) is 16.3 Å². The molecule has 0 aliphatic carbocycles. The highest BCUT2D eigenvalue weighted by Crippen LogP contribution is 2.27. The lowest BCUT2D eigenvalue weighted by Gasteiger charge is -2.24. The maximum Gasteiger partial charge on any atom is 0.410 e. The molecule has 0 saturated heterocycles. The SMILES string of the molecule is CC(C)(C)OC(=O)N1Cc2nc(-c3ccc(Cl)cc3)[nH]c2C1. The Bertz CT molecular complexity index is 678. The van der Waals surface area contributed by atoms with Crippen LogP contribution in [-0.2, 0) is 17.8 Å². The van der Waals surface area contributed by atoms with E-state index in [2.05, 4.69) is 9.97 Å². The summed E-state index contributed by atoms with van der Waals surface area (Å²) in [6, 6.07) is 7.50. The summed E-state index contributed by atoms with van der Waals surface area (Å²) in [4.78, 5) is 21.6. The Morgan fingerprint density at radius 1 is 1.27 bits per heavy atom. The van der Waals surface area contributed by atoms with Crippen molar-refractivity contribution in [2.24, 2.45) is 0 Å². The van der Waals surface area contributed by atoms with Crippen LogP contribution in [0.4, 0.5) is 4.79 Å². The van der Waals surface area contributed by atoms with Gasteiger partial charge in [-0.2, -0.15) is 0 Å². The molecular weight excluding hydrogens is 302 g/mol. The number of aromatic amines is 1. The van der Waals surface area contributed by atoms with Crippen molar-refractivity contribution < 1.29 is 9.53 Å². The van der Waals surface area contributed by atoms with Gasteiger partial charge in [0, 0.05) is 10.6 Å². The number of H-pyrrole nitrogens is 1. The average Bonchev–Trinajstić information content (AvgIpc) is 2.95. The summed E-state index contributed by atoms with van der Waals surface area (Å²) in [5.41, 5.74) is 2.32. The minimum absolute atomic E-state index is 0.313. The highest BCUT2D eigenvalue weighted by atomic mass is 35.5. The number of hydrogen-bond acceptors (Lipinski definition) is 3. The fourth-order valence-electron chi connectivity index (χ4n) is 2.33. The third-order valence-electron chi connectivity index (χ3n) is 3.32. The normalized spacial score (nSPS) is 14.1. The molecule has 1 aliphatic heterocycles. The lowest BCUT2D eigenvalue weighted by molar-refractivity contribution is 0.0239. The molecule has 0 radical (unpaired) electrons. The smallest absolute Gasteiger partial charge is 0.410 e. The van der Waals surface area contributed by atoms with Crippen LogP contribution in [-0.4, -0.2) is 26.6 Å². The van der Waals surface area contributed by atoms with E-state index < -0.39 is 5.60 Å². The van der Waals surface area contributed by atoms with E-state index in [1.54, 1.807) is 4.90 Å². The van der Waals surface area contributed by atoms with Crippen LogP contribution in [0.25, 0.3) is 11.4 Å². The van der Waals surface area contributed by atoms with Crippen molar-refractivity contribution >= 4 is 17.7 Å². The van der Waals surface area contributed by atoms with Crippen molar-refractivity contribution in [1.82, 2.24) is 14.9 Å². The molecule has 5 nitrogen and oxygen atoms in total. The van der Waals surface area contributed by atoms with Gasteiger partial charge in [0.15, 0.2) is 0 Å². The van der Waals surface area contributed by atoms with Gasteiger partial charge >= 0.3 is 6.09 Å². The highest BCUT2D eigenvalue weighted by molar-refractivity contribution is 6.30. The number of nitrogens with one attached hydrogen (secondary N) is 1. The number of amides is 1. The van der Waals surface area contributed by atoms with E-state index >= 15 is 0 Å². The van der Waals surface area contributed by atoms with Gasteiger partial charge < -0.3 is 9.72 Å². The van der Waals surface area contributed by atoms with E-state index in [1.807, 2.05) is 45.0 Å². The summed E-state index contributed by atoms with van der Waals surface area (Å²) in [6.07, 6.45) is -0.313. The van der Waals surface area contributed by atoms with Crippen LogP contribution in [0.1, 0.15) is 32.2 Å². The number of aromatic nitrogens is 2. The molecule has 0 bridgehead atoms. The van der Waals surface area contributed by atoms with Crippen LogP contribution in [0.2, 0.25) is 5.02 Å². The first-order valence-electron chi connectivity index (χ1n) is 7.13. The largest absolute Gasteiger partial charge is 0.444 e. The van der Waals surface area contributed by atoms with Gasteiger partial charge in [-0.3, -0.25) is 4.90 Å². The van der Waals surface area contributed by atoms with Crippen molar-refractivity contribution in [3.8, 4) is 11.4 Å². The van der Waals surface area contributed by atoms with Crippen molar-refractivity contribution in [2.45, 2.75) is 39.5 Å². The maximum atomic E-state index is 12.1. The number of carbonyl (C=O) groups excluding carboxylic acids is 1. The quantitative estimate of drug-likeness (QED) is 0.865. The molecular formula is C16H18ClN3O2. The summed E-state index contributed by atoms with van der Waals surface area (Å²) in [5.74, 6) is 0.797. The molecule has 1 aromatic carbocycles. The fourth-order valence-corrected chi connectivity index (χ4v) is 2.46. The number of halogens is 1. The summed E-state index contributed by atoms with van der Waals surface area (Å²) < 4.78 is 5.38. The second-order valence-electron chi connectivity index (χ2n) is 6.35. The van der Waals surface area contributed by atoms with Gasteiger partial charge in [0.2, 0.25) is 0 Å². The highest BCUT2D eigenvalue weighted by Gasteiger charge is 2.30. The minimum atomic E-state index is -0.491. The standard InChI is InChI=1S/C16H18ClN3O2/c1-16(2,3)22-15(21)20-8-12-13(9-20)19-14(18-12)10-4-6-11(17)7-5-10/h4-7H,8-9H2,1-3H3,(H,18,19). The number of carbonyl (C=O) groups is 1. The third-order valence-corrected chi connectivity index (χ3v) is 3.58. The van der Waals surface area contributed by atoms with Crippen molar-refractivity contribution in [1.29, 1.82) is 0 Å². The first kappa shape index (κ1) is 14.9. The predicted octanol–water partition coefficient (Wildman–Crippen LogP) is 3.98. The van der Waals surface area contributed by atoms with Crippen molar-refractivity contribution in [2.75, 3.05) is 0 Å². The molecule has 1 amide bonds. The minimum Gasteiger partial charge on any atom is -0.444 e. The number of fused-ring (bicyclic) bond motifs is 1. The zero-order chi connectivity index (χ0) is 15.9. The molecule has 0 atom stereocenters. The molecule has 3 rings (SSSR count). The summed E-state index contributed by atoms with van der Waals surface area (Å²) in [6.45, 7) is 6.53. The lowest BCUT2D eigenvalue weighted by atomic mass is 10.2. The molecule has 1 N–H and O–H groups in total. The van der Waals surface area contributed by atoms with E-state index in [0.29, 0.717) is 18.1 Å². The Balaban J connectivity index is 1.73. The molecule has 2 aromatic rings. The molecule has 1 aromatic heterocycles. The number of rotatable bonds is 1. The second-order valence-corrected chi connectivity index (χ2v) is 6.79. The van der Waals surface area contributed by atoms with Gasteiger partial charge in [-0.05, 0) is 45.0 Å². The summed E-state index contributed by atoms with van der Waals surface area (Å²) >= 11 is 5.89. The van der Waals surface area contributed by atoms with Crippen molar-refractivity contribution in [3.63, 3.8) is 0 Å². The first-order valence-corrected chi connectivity index (χ1v) is 7.51. The molecule has 2 heterocycles. The van der Waals surface area contributed by atoms with E-state index in [0.717, 1.165) is 22.8 Å². The van der Waals surface area contributed by atoms with Crippen LogP contribution in [0.5, 0.6) is 0 Å². The predicted molar refractivity (Wildman–Crippen MR) is 84.5 cm³/mol. The molecule has 6 heteroatoms. The van der Waals surface area contributed by atoms with Gasteiger partial charge in [-0.25, -0.2) is 9.78 Å². The first-order chi connectivity index (χ1) is 10.3. The van der Waals surface area contributed by atoms with Gasteiger partial charge in [0.05, 0.1) is 24.5 Å². The molecule has 1 aliphatic rings. The van der Waals surface area contributed by atoms with Crippen LogP contribution < -0.4 is 0 Å². The van der Waals surface area contributed by atoms with Crippen LogP contribution in [0.3, 0.4) is 0 Å². The van der Waals surface area contributed by atoms with E-state index in [1.165, 1.54) is 0 Å². The Morgan fingerprint density at radius 2 is 1.95 bits per heavy atom. The van der Waals surface area contributed by atoms with Crippen LogP contribution in [0.15, 0.2) is 24.3 Å². The van der Waals surface area contributed by atoms with Gasteiger partial charge in [-0.15, -0.1) is 0 Å². The lowest BCUT2D eigenvalue weighted by Crippen LogP contribution is -2.33. The van der Waals surface area contributed by atoms with Crippen LogP contribution >= 0.6 is 11.6 Å². The van der Waals surface area contributed by atoms with Gasteiger partial charge in [0.1, 0.15) is 11.4 Å². The number of hydrogen-bond donors (Lipinski definition) is 1. The Kier molecular flexibility index (Phi) is 3.60. The topological polar surface area (TPSA) is 58.2 Å². The fraction of sp³-hybridized carbons (Fsp3) is 0.375. The Labute approximate surface area is 134 Å².